The van der Waals surface area contributed by atoms with Gasteiger partial charge in [-0.15, -0.1) is 0 Å². The molecule has 4 aromatic rings. The number of amides is 1. The molecule has 6 nitrogen and oxygen atoms in total. The van der Waals surface area contributed by atoms with Crippen molar-refractivity contribution in [2.24, 2.45) is 4.99 Å². The van der Waals surface area contributed by atoms with E-state index in [-0.39, 0.29) is 16.6 Å². The molecular weight excluding hydrogens is 632 g/mol. The monoisotopic (exact) mass is 652 g/mol. The fourth-order valence-corrected chi connectivity index (χ4v) is 6.27. The molecule has 1 amide bonds. The fourth-order valence-electron chi connectivity index (χ4n) is 3.82. The number of thioether (sulfide) groups is 1. The molecule has 0 bridgehead atoms. The largest absolute Gasteiger partial charge is 0.378 e. The zero-order chi connectivity index (χ0) is 28.4. The molecule has 5 rings (SSSR count). The predicted octanol–water partition coefficient (Wildman–Crippen LogP) is 8.30. The summed E-state index contributed by atoms with van der Waals surface area (Å²) in [5, 5.41) is 0.890. The first kappa shape index (κ1) is 28.2. The summed E-state index contributed by atoms with van der Waals surface area (Å²) >= 11 is 10.5. The summed E-state index contributed by atoms with van der Waals surface area (Å²) in [6.07, 6.45) is 1.61. The van der Waals surface area contributed by atoms with Crippen molar-refractivity contribution in [2.45, 2.75) is 18.7 Å². The SMILES string of the molecule is Cc1ccc(N=C2S/C(=C\c3cc(Br)ccc3OS(=O)(=O)c3ccc(Cl)cc3)C(=O)N2c2ccc(C)cc2)cc1. The Hall–Kier alpha value is -3.37. The molecule has 1 fully saturated rings. The second-order valence-corrected chi connectivity index (χ2v) is 12.9. The van der Waals surface area contributed by atoms with Crippen LogP contribution in [0.25, 0.3) is 6.08 Å². The van der Waals surface area contributed by atoms with Crippen LogP contribution in [0.1, 0.15) is 16.7 Å². The van der Waals surface area contributed by atoms with E-state index in [4.69, 9.17) is 20.8 Å². The summed E-state index contributed by atoms with van der Waals surface area (Å²) in [6.45, 7) is 3.97. The number of halogens is 2. The van der Waals surface area contributed by atoms with Gasteiger partial charge in [0.2, 0.25) is 0 Å². The molecule has 1 aliphatic rings. The van der Waals surface area contributed by atoms with Gasteiger partial charge in [-0.25, -0.2) is 4.99 Å². The van der Waals surface area contributed by atoms with Gasteiger partial charge in [0.1, 0.15) is 10.6 Å². The Morgan fingerprint density at radius 3 is 2.17 bits per heavy atom. The third-order valence-corrected chi connectivity index (χ3v) is 8.88. The van der Waals surface area contributed by atoms with Gasteiger partial charge >= 0.3 is 10.1 Å². The Labute approximate surface area is 250 Å². The number of anilines is 1. The molecule has 10 heteroatoms. The van der Waals surface area contributed by atoms with Crippen LogP contribution in [0.15, 0.2) is 110 Å². The number of carbonyl (C=O) groups is 1. The highest BCUT2D eigenvalue weighted by molar-refractivity contribution is 9.10. The molecule has 0 spiro atoms. The highest BCUT2D eigenvalue weighted by Crippen LogP contribution is 2.39. The van der Waals surface area contributed by atoms with Crippen LogP contribution < -0.4 is 9.08 Å². The maximum Gasteiger partial charge on any atom is 0.339 e. The molecule has 40 heavy (non-hydrogen) atoms. The number of aliphatic imine (C=N–C) groups is 1. The van der Waals surface area contributed by atoms with Crippen molar-refractivity contribution in [1.29, 1.82) is 0 Å². The van der Waals surface area contributed by atoms with Crippen LogP contribution in [0, 0.1) is 13.8 Å². The van der Waals surface area contributed by atoms with Crippen molar-refractivity contribution in [3.63, 3.8) is 0 Å². The van der Waals surface area contributed by atoms with Crippen LogP contribution in [0.5, 0.6) is 5.75 Å². The highest BCUT2D eigenvalue weighted by atomic mass is 79.9. The number of amidine groups is 1. The van der Waals surface area contributed by atoms with E-state index in [0.717, 1.165) is 11.1 Å². The van der Waals surface area contributed by atoms with Gasteiger partial charge in [0.15, 0.2) is 5.17 Å². The van der Waals surface area contributed by atoms with Crippen molar-refractivity contribution >= 4 is 77.9 Å². The first-order valence-corrected chi connectivity index (χ1v) is 15.4. The summed E-state index contributed by atoms with van der Waals surface area (Å²) in [4.78, 5) is 20.4. The Kier molecular flexibility index (Phi) is 8.19. The minimum Gasteiger partial charge on any atom is -0.378 e. The highest BCUT2D eigenvalue weighted by Gasteiger charge is 2.35. The first-order valence-electron chi connectivity index (χ1n) is 12.0. The Morgan fingerprint density at radius 2 is 1.52 bits per heavy atom. The van der Waals surface area contributed by atoms with Gasteiger partial charge in [0.25, 0.3) is 5.91 Å². The number of nitrogens with zero attached hydrogens (tertiary/aromatic N) is 2. The molecule has 0 unspecified atom stereocenters. The van der Waals surface area contributed by atoms with Crippen LogP contribution in [-0.2, 0) is 14.9 Å². The molecule has 0 aromatic heterocycles. The van der Waals surface area contributed by atoms with E-state index in [2.05, 4.69) is 15.9 Å². The topological polar surface area (TPSA) is 76.0 Å². The van der Waals surface area contributed by atoms with E-state index in [1.165, 1.54) is 42.1 Å². The number of aryl methyl sites for hydroxylation is 2. The van der Waals surface area contributed by atoms with E-state index in [9.17, 15) is 13.2 Å². The lowest BCUT2D eigenvalue weighted by molar-refractivity contribution is -0.113. The molecule has 0 saturated carbocycles. The van der Waals surface area contributed by atoms with Crippen LogP contribution >= 0.6 is 39.3 Å². The maximum absolute atomic E-state index is 13.8. The molecule has 202 valence electrons. The number of hydrogen-bond acceptors (Lipinski definition) is 6. The minimum absolute atomic E-state index is 0.0391. The van der Waals surface area contributed by atoms with Crippen molar-refractivity contribution in [1.82, 2.24) is 0 Å². The van der Waals surface area contributed by atoms with Crippen LogP contribution in [0.4, 0.5) is 11.4 Å². The summed E-state index contributed by atoms with van der Waals surface area (Å²) < 4.78 is 32.2. The van der Waals surface area contributed by atoms with E-state index in [1.54, 1.807) is 23.1 Å². The average Bonchev–Trinajstić information content (AvgIpc) is 3.22. The van der Waals surface area contributed by atoms with Crippen LogP contribution in [0.2, 0.25) is 5.02 Å². The van der Waals surface area contributed by atoms with Crippen LogP contribution in [0.3, 0.4) is 0 Å². The molecular formula is C30H22BrClN2O4S2. The average molecular weight is 654 g/mol. The maximum atomic E-state index is 13.8. The summed E-state index contributed by atoms with van der Waals surface area (Å²) in [5.74, 6) is -0.212. The summed E-state index contributed by atoms with van der Waals surface area (Å²) in [5.41, 5.74) is 3.95. The quantitative estimate of drug-likeness (QED) is 0.155. The third kappa shape index (κ3) is 6.33. The van der Waals surface area contributed by atoms with Crippen molar-refractivity contribution in [3.05, 3.63) is 122 Å². The lowest BCUT2D eigenvalue weighted by Crippen LogP contribution is -2.28. The fraction of sp³-hybridized carbons (Fsp3) is 0.0667. The van der Waals surface area contributed by atoms with Gasteiger partial charge in [-0.1, -0.05) is 62.9 Å². The Bertz CT molecular complexity index is 1750. The molecule has 4 aromatic carbocycles. The molecule has 0 N–H and O–H groups in total. The predicted molar refractivity (Wildman–Crippen MR) is 166 cm³/mol. The van der Waals surface area contributed by atoms with E-state index >= 15 is 0 Å². The van der Waals surface area contributed by atoms with Gasteiger partial charge in [-0.05, 0) is 98.4 Å². The summed E-state index contributed by atoms with van der Waals surface area (Å²) in [6, 6.07) is 25.9. The third-order valence-electron chi connectivity index (χ3n) is 5.92. The normalized spacial score (nSPS) is 15.7. The Balaban J connectivity index is 1.55. The van der Waals surface area contributed by atoms with Crippen molar-refractivity contribution < 1.29 is 17.4 Å². The second kappa shape index (κ2) is 11.6. The second-order valence-electron chi connectivity index (χ2n) is 8.99. The number of carbonyl (C=O) groups excluding carboxylic acids is 1. The lowest BCUT2D eigenvalue weighted by Gasteiger charge is -2.16. The molecule has 1 heterocycles. The zero-order valence-corrected chi connectivity index (χ0v) is 25.3. The van der Waals surface area contributed by atoms with Gasteiger partial charge in [-0.2, -0.15) is 8.42 Å². The van der Waals surface area contributed by atoms with Gasteiger partial charge in [-0.3, -0.25) is 9.69 Å². The number of benzene rings is 4. The lowest BCUT2D eigenvalue weighted by atomic mass is 10.2. The van der Waals surface area contributed by atoms with E-state index < -0.39 is 10.1 Å². The molecule has 0 radical (unpaired) electrons. The molecule has 1 aliphatic heterocycles. The number of hydrogen-bond donors (Lipinski definition) is 0. The first-order chi connectivity index (χ1) is 19.1. The Morgan fingerprint density at radius 1 is 0.900 bits per heavy atom. The minimum atomic E-state index is -4.15. The van der Waals surface area contributed by atoms with Crippen molar-refractivity contribution in [2.75, 3.05) is 4.90 Å². The van der Waals surface area contributed by atoms with Crippen molar-refractivity contribution in [3.8, 4) is 5.75 Å². The molecule has 0 aliphatic carbocycles. The smallest absolute Gasteiger partial charge is 0.339 e. The standard InChI is InChI=1S/C30H22BrClN2O4S2/c1-19-3-10-24(11-4-19)33-30-34(25-12-5-20(2)6-13-25)29(35)28(39-30)18-21-17-22(31)7-16-27(21)38-40(36,37)26-14-8-23(32)9-15-26/h3-18H,1-2H3/b28-18-,33-30?. The zero-order valence-electron chi connectivity index (χ0n) is 21.3. The van der Waals surface area contributed by atoms with E-state index in [1.807, 2.05) is 62.4 Å². The number of rotatable bonds is 6. The summed E-state index contributed by atoms with van der Waals surface area (Å²) in [7, 11) is -4.15. The molecule has 1 saturated heterocycles. The van der Waals surface area contributed by atoms with Crippen LogP contribution in [-0.4, -0.2) is 19.5 Å². The van der Waals surface area contributed by atoms with Gasteiger partial charge in [0.05, 0.1) is 16.3 Å². The van der Waals surface area contributed by atoms with Gasteiger partial charge in [0, 0.05) is 15.1 Å². The molecule has 0 atom stereocenters. The van der Waals surface area contributed by atoms with E-state index in [0.29, 0.717) is 36.5 Å². The van der Waals surface area contributed by atoms with Gasteiger partial charge < -0.3 is 4.18 Å².